The third-order valence-corrected chi connectivity index (χ3v) is 4.20. The number of carbonyl (C=O) groups excluding carboxylic acids is 2. The van der Waals surface area contributed by atoms with Crippen molar-refractivity contribution >= 4 is 23.7 Å². The van der Waals surface area contributed by atoms with E-state index in [-0.39, 0.29) is 0 Å². The van der Waals surface area contributed by atoms with E-state index in [0.29, 0.717) is 35.1 Å². The number of anilines is 1. The van der Waals surface area contributed by atoms with Crippen LogP contribution in [0, 0.1) is 5.92 Å². The maximum Gasteiger partial charge on any atom is 0.252 e. The lowest BCUT2D eigenvalue weighted by molar-refractivity contribution is -0.131. The van der Waals surface area contributed by atoms with E-state index in [1.165, 1.54) is 13.1 Å². The summed E-state index contributed by atoms with van der Waals surface area (Å²) in [6.45, 7) is 4.03. The first-order chi connectivity index (χ1) is 14.5. The number of para-hydroxylation sites is 1. The lowest BCUT2D eigenvalue weighted by Gasteiger charge is -2.13. The fourth-order valence-electron chi connectivity index (χ4n) is 2.46. The molecule has 0 aliphatic rings. The van der Waals surface area contributed by atoms with E-state index in [0.717, 1.165) is 6.42 Å². The Hall–Kier alpha value is -3.55. The largest absolute Gasteiger partial charge is 0.497 e. The van der Waals surface area contributed by atoms with Crippen molar-refractivity contribution in [3.8, 4) is 17.2 Å². The molecule has 2 amide bonds. The van der Waals surface area contributed by atoms with Crippen LogP contribution < -0.4 is 25.0 Å². The molecule has 2 aromatic rings. The smallest absolute Gasteiger partial charge is 0.252 e. The summed E-state index contributed by atoms with van der Waals surface area (Å²) in [5, 5.41) is 6.65. The molecule has 2 rings (SSSR count). The Kier molecular flexibility index (Phi) is 8.68. The summed E-state index contributed by atoms with van der Waals surface area (Å²) in [4.78, 5) is 24.6. The first-order valence-electron chi connectivity index (χ1n) is 9.57. The van der Waals surface area contributed by atoms with E-state index in [1.54, 1.807) is 56.7 Å². The summed E-state index contributed by atoms with van der Waals surface area (Å²) in [5.41, 5.74) is 3.61. The van der Waals surface area contributed by atoms with Crippen LogP contribution in [0.2, 0.25) is 0 Å². The van der Waals surface area contributed by atoms with Crippen molar-refractivity contribution in [1.29, 1.82) is 0 Å². The first kappa shape index (κ1) is 22.7. The lowest BCUT2D eigenvalue weighted by atomic mass is 10.1. The van der Waals surface area contributed by atoms with Crippen LogP contribution in [0.25, 0.3) is 0 Å². The van der Waals surface area contributed by atoms with Gasteiger partial charge < -0.3 is 19.5 Å². The molecule has 8 heteroatoms. The minimum Gasteiger partial charge on any atom is -0.497 e. The molecule has 2 aromatic carbocycles. The molecular formula is C22H27N3O5. The number of rotatable bonds is 10. The van der Waals surface area contributed by atoms with Gasteiger partial charge in [-0.2, -0.15) is 5.10 Å². The fraction of sp³-hybridized carbons (Fsp3) is 0.318. The van der Waals surface area contributed by atoms with Crippen LogP contribution in [0.15, 0.2) is 47.6 Å². The number of benzene rings is 2. The number of amides is 2. The number of ether oxygens (including phenoxy) is 3. The van der Waals surface area contributed by atoms with Crippen molar-refractivity contribution < 1.29 is 23.8 Å². The SMILES string of the molecule is CCCOc1c(C=NNC(=O)C(C)C(=O)Nc2ccc(OC)cc2)cccc1OC. The van der Waals surface area contributed by atoms with Crippen LogP contribution in [0.5, 0.6) is 17.2 Å². The van der Waals surface area contributed by atoms with Crippen LogP contribution in [-0.4, -0.2) is 38.9 Å². The van der Waals surface area contributed by atoms with Gasteiger partial charge in [0.1, 0.15) is 11.7 Å². The standard InChI is InChI=1S/C22H27N3O5/c1-5-13-30-20-16(7-6-8-19(20)29-4)14-23-25-22(27)15(2)21(26)24-17-9-11-18(28-3)12-10-17/h6-12,14-15H,5,13H2,1-4H3,(H,24,26)(H,25,27). The Labute approximate surface area is 176 Å². The summed E-state index contributed by atoms with van der Waals surface area (Å²) in [6.07, 6.45) is 2.30. The predicted octanol–water partition coefficient (Wildman–Crippen LogP) is 3.22. The fourth-order valence-corrected chi connectivity index (χ4v) is 2.46. The van der Waals surface area contributed by atoms with Gasteiger partial charge in [0, 0.05) is 11.3 Å². The monoisotopic (exact) mass is 413 g/mol. The van der Waals surface area contributed by atoms with Gasteiger partial charge in [-0.1, -0.05) is 13.0 Å². The van der Waals surface area contributed by atoms with E-state index >= 15 is 0 Å². The third kappa shape index (κ3) is 6.23. The van der Waals surface area contributed by atoms with Gasteiger partial charge in [0.05, 0.1) is 27.0 Å². The predicted molar refractivity (Wildman–Crippen MR) is 115 cm³/mol. The maximum absolute atomic E-state index is 12.3. The van der Waals surface area contributed by atoms with Crippen molar-refractivity contribution in [2.45, 2.75) is 20.3 Å². The minimum absolute atomic E-state index is 0.443. The number of carbonyl (C=O) groups is 2. The Morgan fingerprint density at radius 1 is 1.07 bits per heavy atom. The molecule has 0 aliphatic carbocycles. The molecule has 0 saturated heterocycles. The second-order valence-electron chi connectivity index (χ2n) is 6.40. The van der Waals surface area contributed by atoms with E-state index in [1.807, 2.05) is 6.92 Å². The molecule has 1 atom stereocenters. The van der Waals surface area contributed by atoms with Crippen LogP contribution in [-0.2, 0) is 9.59 Å². The van der Waals surface area contributed by atoms with Crippen molar-refractivity contribution in [3.05, 3.63) is 48.0 Å². The Bertz CT molecular complexity index is 881. The average Bonchev–Trinajstić information content (AvgIpc) is 2.77. The van der Waals surface area contributed by atoms with Gasteiger partial charge in [-0.05, 0) is 49.7 Å². The highest BCUT2D eigenvalue weighted by molar-refractivity contribution is 6.06. The van der Waals surface area contributed by atoms with Gasteiger partial charge in [-0.3, -0.25) is 9.59 Å². The zero-order valence-corrected chi connectivity index (χ0v) is 17.6. The highest BCUT2D eigenvalue weighted by atomic mass is 16.5. The topological polar surface area (TPSA) is 98.2 Å². The van der Waals surface area contributed by atoms with Crippen LogP contribution >= 0.6 is 0 Å². The number of methoxy groups -OCH3 is 2. The summed E-state index contributed by atoms with van der Waals surface area (Å²) in [5.74, 6) is -0.119. The van der Waals surface area contributed by atoms with Gasteiger partial charge >= 0.3 is 0 Å². The quantitative estimate of drug-likeness (QED) is 0.354. The van der Waals surface area contributed by atoms with Crippen molar-refractivity contribution in [2.24, 2.45) is 11.0 Å². The number of hydrazone groups is 1. The van der Waals surface area contributed by atoms with Crippen LogP contribution in [0.3, 0.4) is 0 Å². The first-order valence-corrected chi connectivity index (χ1v) is 9.57. The minimum atomic E-state index is -0.939. The zero-order valence-electron chi connectivity index (χ0n) is 17.6. The number of hydrogen-bond donors (Lipinski definition) is 2. The second kappa shape index (κ2) is 11.5. The Morgan fingerprint density at radius 2 is 1.80 bits per heavy atom. The third-order valence-electron chi connectivity index (χ3n) is 4.20. The molecule has 0 aromatic heterocycles. The van der Waals surface area contributed by atoms with E-state index in [4.69, 9.17) is 14.2 Å². The molecular weight excluding hydrogens is 386 g/mol. The second-order valence-corrected chi connectivity index (χ2v) is 6.40. The molecule has 0 spiro atoms. The molecule has 1 unspecified atom stereocenters. The summed E-state index contributed by atoms with van der Waals surface area (Å²) < 4.78 is 16.1. The van der Waals surface area contributed by atoms with Gasteiger partial charge in [0.15, 0.2) is 11.5 Å². The molecule has 30 heavy (non-hydrogen) atoms. The summed E-state index contributed by atoms with van der Waals surface area (Å²) in [6, 6.07) is 12.2. The highest BCUT2D eigenvalue weighted by Gasteiger charge is 2.21. The highest BCUT2D eigenvalue weighted by Crippen LogP contribution is 2.30. The van der Waals surface area contributed by atoms with Gasteiger partial charge in [0.2, 0.25) is 5.91 Å². The van der Waals surface area contributed by atoms with E-state index in [9.17, 15) is 9.59 Å². The molecule has 160 valence electrons. The van der Waals surface area contributed by atoms with Gasteiger partial charge in [0.25, 0.3) is 5.91 Å². The van der Waals surface area contributed by atoms with Crippen molar-refractivity contribution in [3.63, 3.8) is 0 Å². The van der Waals surface area contributed by atoms with Gasteiger partial charge in [-0.15, -0.1) is 0 Å². The van der Waals surface area contributed by atoms with E-state index < -0.39 is 17.7 Å². The molecule has 0 radical (unpaired) electrons. The molecule has 2 N–H and O–H groups in total. The Morgan fingerprint density at radius 3 is 2.43 bits per heavy atom. The molecule has 0 bridgehead atoms. The van der Waals surface area contributed by atoms with Crippen molar-refractivity contribution in [1.82, 2.24) is 5.43 Å². The van der Waals surface area contributed by atoms with Crippen LogP contribution in [0.4, 0.5) is 5.69 Å². The average molecular weight is 413 g/mol. The Balaban J connectivity index is 1.98. The molecule has 0 saturated carbocycles. The molecule has 0 heterocycles. The van der Waals surface area contributed by atoms with Crippen molar-refractivity contribution in [2.75, 3.05) is 26.1 Å². The number of nitrogens with zero attached hydrogens (tertiary/aromatic N) is 1. The molecule has 0 aliphatic heterocycles. The maximum atomic E-state index is 12.3. The molecule has 0 fully saturated rings. The summed E-state index contributed by atoms with van der Waals surface area (Å²) in [7, 11) is 3.12. The normalized spacial score (nSPS) is 11.6. The number of hydrogen-bond acceptors (Lipinski definition) is 6. The molecule has 8 nitrogen and oxygen atoms in total. The van der Waals surface area contributed by atoms with Gasteiger partial charge in [-0.25, -0.2) is 5.43 Å². The van der Waals surface area contributed by atoms with E-state index in [2.05, 4.69) is 15.8 Å². The zero-order chi connectivity index (χ0) is 21.9. The van der Waals surface area contributed by atoms with Crippen LogP contribution in [0.1, 0.15) is 25.8 Å². The summed E-state index contributed by atoms with van der Waals surface area (Å²) >= 11 is 0. The lowest BCUT2D eigenvalue weighted by Crippen LogP contribution is -2.34. The number of nitrogens with one attached hydrogen (secondary N) is 2.